The fraction of sp³-hybridized carbons (Fsp3) is 0.533. The Morgan fingerprint density at radius 1 is 1.30 bits per heavy atom. The van der Waals surface area contributed by atoms with Crippen LogP contribution in [0.15, 0.2) is 29.3 Å². The molecule has 1 aromatic carbocycles. The van der Waals surface area contributed by atoms with Gasteiger partial charge in [-0.2, -0.15) is 0 Å². The Hall–Kier alpha value is -1.58. The minimum atomic E-state index is -0.378. The van der Waals surface area contributed by atoms with Crippen LogP contribution in [0.1, 0.15) is 19.8 Å². The zero-order valence-electron chi connectivity index (χ0n) is 13.2. The molecule has 0 aromatic heterocycles. The molecule has 0 radical (unpaired) electrons. The van der Waals surface area contributed by atoms with Gasteiger partial charge in [-0.3, -0.25) is 15.1 Å². The Morgan fingerprint density at radius 3 is 2.70 bits per heavy atom. The summed E-state index contributed by atoms with van der Waals surface area (Å²) < 4.78 is 0. The number of benzene rings is 1. The summed E-state index contributed by atoms with van der Waals surface area (Å²) in [4.78, 5) is 15.1. The average Bonchev–Trinajstić information content (AvgIpc) is 3.33. The summed E-state index contributed by atoms with van der Waals surface area (Å²) in [7, 11) is 0. The SMILES string of the molecule is CCNC(=NCC1CC1)NCCNc1ccccc1[N+](=O)[O-].I. The van der Waals surface area contributed by atoms with E-state index in [4.69, 9.17) is 0 Å². The molecule has 7 nitrogen and oxygen atoms in total. The van der Waals surface area contributed by atoms with E-state index in [-0.39, 0.29) is 34.6 Å². The van der Waals surface area contributed by atoms with Gasteiger partial charge in [0.15, 0.2) is 5.96 Å². The van der Waals surface area contributed by atoms with Gasteiger partial charge in [-0.05, 0) is 31.7 Å². The van der Waals surface area contributed by atoms with E-state index >= 15 is 0 Å². The summed E-state index contributed by atoms with van der Waals surface area (Å²) in [6.07, 6.45) is 2.56. The standard InChI is InChI=1S/C15H23N5O2.HI/c1-2-16-15(19-11-12-7-8-12)18-10-9-17-13-5-3-4-6-14(13)20(21)22;/h3-6,12,17H,2,7-11H2,1H3,(H2,16,18,19);1H. The zero-order valence-corrected chi connectivity index (χ0v) is 15.6. The predicted molar refractivity (Wildman–Crippen MR) is 104 cm³/mol. The first kappa shape index (κ1) is 19.5. The van der Waals surface area contributed by atoms with Crippen molar-refractivity contribution >= 4 is 41.3 Å². The smallest absolute Gasteiger partial charge is 0.292 e. The van der Waals surface area contributed by atoms with Gasteiger partial charge in [0.25, 0.3) is 5.69 Å². The molecule has 0 unspecified atom stereocenters. The Kier molecular flexibility index (Phi) is 8.67. The first-order chi connectivity index (χ1) is 10.7. The number of aliphatic imine (C=N–C) groups is 1. The van der Waals surface area contributed by atoms with Crippen LogP contribution in [0.2, 0.25) is 0 Å². The highest BCUT2D eigenvalue weighted by atomic mass is 127. The largest absolute Gasteiger partial charge is 0.378 e. The molecule has 128 valence electrons. The Labute approximate surface area is 153 Å². The lowest BCUT2D eigenvalue weighted by Crippen LogP contribution is -2.39. The molecule has 0 bridgehead atoms. The number of nitrogens with zero attached hydrogens (tertiary/aromatic N) is 2. The summed E-state index contributed by atoms with van der Waals surface area (Å²) in [6, 6.07) is 6.65. The number of halogens is 1. The van der Waals surface area contributed by atoms with Gasteiger partial charge >= 0.3 is 0 Å². The molecule has 2 rings (SSSR count). The van der Waals surface area contributed by atoms with Crippen molar-refractivity contribution in [2.75, 3.05) is 31.5 Å². The van der Waals surface area contributed by atoms with Crippen molar-refractivity contribution < 1.29 is 4.92 Å². The van der Waals surface area contributed by atoms with E-state index in [1.165, 1.54) is 18.9 Å². The third-order valence-corrected chi connectivity index (χ3v) is 3.38. The minimum absolute atomic E-state index is 0. The summed E-state index contributed by atoms with van der Waals surface area (Å²) in [5, 5.41) is 20.4. The van der Waals surface area contributed by atoms with E-state index in [2.05, 4.69) is 20.9 Å². The maximum absolute atomic E-state index is 10.9. The highest BCUT2D eigenvalue weighted by Gasteiger charge is 2.20. The number of guanidine groups is 1. The first-order valence-electron chi connectivity index (χ1n) is 7.70. The second-order valence-corrected chi connectivity index (χ2v) is 5.29. The van der Waals surface area contributed by atoms with E-state index in [9.17, 15) is 10.1 Å². The lowest BCUT2D eigenvalue weighted by molar-refractivity contribution is -0.384. The van der Waals surface area contributed by atoms with Crippen molar-refractivity contribution in [2.45, 2.75) is 19.8 Å². The molecule has 0 spiro atoms. The van der Waals surface area contributed by atoms with Crippen molar-refractivity contribution in [2.24, 2.45) is 10.9 Å². The Bertz CT molecular complexity index is 534. The van der Waals surface area contributed by atoms with E-state index < -0.39 is 0 Å². The number of nitrogens with one attached hydrogen (secondary N) is 3. The van der Waals surface area contributed by atoms with Gasteiger partial charge in [0.05, 0.1) is 4.92 Å². The highest BCUT2D eigenvalue weighted by Crippen LogP contribution is 2.28. The maximum Gasteiger partial charge on any atom is 0.292 e. The molecule has 0 amide bonds. The van der Waals surface area contributed by atoms with Crippen molar-refractivity contribution in [1.29, 1.82) is 0 Å². The summed E-state index contributed by atoms with van der Waals surface area (Å²) >= 11 is 0. The second kappa shape index (κ2) is 10.2. The van der Waals surface area contributed by atoms with Crippen molar-refractivity contribution in [3.05, 3.63) is 34.4 Å². The number of nitro groups is 1. The van der Waals surface area contributed by atoms with Gasteiger partial charge in [-0.25, -0.2) is 0 Å². The number of hydrogen-bond acceptors (Lipinski definition) is 4. The quantitative estimate of drug-likeness (QED) is 0.146. The lowest BCUT2D eigenvalue weighted by atomic mass is 10.2. The Balaban J connectivity index is 0.00000264. The molecular formula is C15H24IN5O2. The first-order valence-corrected chi connectivity index (χ1v) is 7.70. The van der Waals surface area contributed by atoms with Crippen LogP contribution in [0.3, 0.4) is 0 Å². The number of hydrogen-bond donors (Lipinski definition) is 3. The van der Waals surface area contributed by atoms with Gasteiger partial charge in [0.2, 0.25) is 0 Å². The van der Waals surface area contributed by atoms with Crippen LogP contribution in [0.4, 0.5) is 11.4 Å². The van der Waals surface area contributed by atoms with Crippen LogP contribution in [0, 0.1) is 16.0 Å². The third-order valence-electron chi connectivity index (χ3n) is 3.38. The number of para-hydroxylation sites is 2. The molecule has 8 heteroatoms. The van der Waals surface area contributed by atoms with Crippen LogP contribution in [0.5, 0.6) is 0 Å². The monoisotopic (exact) mass is 433 g/mol. The van der Waals surface area contributed by atoms with E-state index in [0.717, 1.165) is 25.0 Å². The molecule has 0 atom stereocenters. The molecule has 1 aromatic rings. The van der Waals surface area contributed by atoms with Gasteiger partial charge in [-0.1, -0.05) is 12.1 Å². The fourth-order valence-electron chi connectivity index (χ4n) is 2.02. The van der Waals surface area contributed by atoms with Crippen molar-refractivity contribution in [3.63, 3.8) is 0 Å². The second-order valence-electron chi connectivity index (χ2n) is 5.29. The van der Waals surface area contributed by atoms with Crippen LogP contribution in [-0.2, 0) is 0 Å². The molecule has 1 saturated carbocycles. The van der Waals surface area contributed by atoms with Gasteiger partial charge in [-0.15, -0.1) is 24.0 Å². The van der Waals surface area contributed by atoms with Gasteiger partial charge < -0.3 is 16.0 Å². The minimum Gasteiger partial charge on any atom is -0.378 e. The van der Waals surface area contributed by atoms with Crippen molar-refractivity contribution in [1.82, 2.24) is 10.6 Å². The zero-order chi connectivity index (χ0) is 15.8. The molecule has 1 aliphatic rings. The topological polar surface area (TPSA) is 91.6 Å². The van der Waals surface area contributed by atoms with Crippen LogP contribution < -0.4 is 16.0 Å². The van der Waals surface area contributed by atoms with E-state index in [1.807, 2.05) is 6.92 Å². The van der Waals surface area contributed by atoms with Gasteiger partial charge in [0, 0.05) is 32.2 Å². The molecule has 0 saturated heterocycles. The summed E-state index contributed by atoms with van der Waals surface area (Å²) in [6.45, 7) is 4.93. The van der Waals surface area contributed by atoms with Crippen molar-refractivity contribution in [3.8, 4) is 0 Å². The van der Waals surface area contributed by atoms with Crippen LogP contribution in [-0.4, -0.2) is 37.1 Å². The molecule has 3 N–H and O–H groups in total. The molecule has 23 heavy (non-hydrogen) atoms. The number of rotatable bonds is 8. The summed E-state index contributed by atoms with van der Waals surface area (Å²) in [5.41, 5.74) is 0.631. The van der Waals surface area contributed by atoms with Crippen LogP contribution in [0.25, 0.3) is 0 Å². The maximum atomic E-state index is 10.9. The molecule has 0 aliphatic heterocycles. The Morgan fingerprint density at radius 2 is 2.04 bits per heavy atom. The normalized spacial score (nSPS) is 13.9. The van der Waals surface area contributed by atoms with Crippen LogP contribution >= 0.6 is 24.0 Å². The highest BCUT2D eigenvalue weighted by molar-refractivity contribution is 14.0. The van der Waals surface area contributed by atoms with E-state index in [0.29, 0.717) is 18.8 Å². The molecular weight excluding hydrogens is 409 g/mol. The lowest BCUT2D eigenvalue weighted by Gasteiger charge is -2.12. The van der Waals surface area contributed by atoms with E-state index in [1.54, 1.807) is 18.2 Å². The fourth-order valence-corrected chi connectivity index (χ4v) is 2.02. The molecule has 1 aliphatic carbocycles. The average molecular weight is 433 g/mol. The molecule has 0 heterocycles. The predicted octanol–water partition coefficient (Wildman–Crippen LogP) is 2.59. The van der Waals surface area contributed by atoms with Gasteiger partial charge in [0.1, 0.15) is 5.69 Å². The number of anilines is 1. The third kappa shape index (κ3) is 7.02. The summed E-state index contributed by atoms with van der Waals surface area (Å²) in [5.74, 6) is 1.55. The molecule has 1 fully saturated rings. The number of nitro benzene ring substituents is 1.